The molecule has 5 nitrogen and oxygen atoms in total. The zero-order chi connectivity index (χ0) is 12.3. The molecule has 0 unspecified atom stereocenters. The van der Waals surface area contributed by atoms with Gasteiger partial charge in [0.25, 0.3) is 0 Å². The Morgan fingerprint density at radius 2 is 2.06 bits per heavy atom. The van der Waals surface area contributed by atoms with E-state index in [1.54, 1.807) is 0 Å². The fourth-order valence-corrected chi connectivity index (χ4v) is 1.53. The first-order chi connectivity index (χ1) is 8.16. The second kappa shape index (κ2) is 4.97. The molecule has 90 valence electrons. The van der Waals surface area contributed by atoms with Crippen LogP contribution in [0.3, 0.4) is 0 Å². The highest BCUT2D eigenvalue weighted by atomic mass is 16.1. The third kappa shape index (κ3) is 2.82. The average molecular weight is 232 g/mol. The van der Waals surface area contributed by atoms with E-state index in [1.165, 1.54) is 16.5 Å². The molecule has 0 aliphatic carbocycles. The Labute approximate surface area is 99.5 Å². The molecule has 0 fully saturated rings. The monoisotopic (exact) mass is 232 g/mol. The molecule has 0 saturated heterocycles. The Balaban J connectivity index is 2.13. The summed E-state index contributed by atoms with van der Waals surface area (Å²) in [4.78, 5) is 11.4. The molecular formula is C12H16N4O. The van der Waals surface area contributed by atoms with E-state index in [9.17, 15) is 4.79 Å². The maximum absolute atomic E-state index is 11.4. The van der Waals surface area contributed by atoms with Crippen LogP contribution in [0.1, 0.15) is 19.4 Å². The third-order valence-corrected chi connectivity index (χ3v) is 2.48. The van der Waals surface area contributed by atoms with E-state index >= 15 is 0 Å². The number of benzene rings is 1. The zero-order valence-corrected chi connectivity index (χ0v) is 9.97. The maximum atomic E-state index is 11.4. The Morgan fingerprint density at radius 3 is 2.59 bits per heavy atom. The lowest BCUT2D eigenvalue weighted by Crippen LogP contribution is -2.21. The number of H-pyrrole nitrogens is 1. The van der Waals surface area contributed by atoms with Crippen molar-refractivity contribution < 1.29 is 0 Å². The SMILES string of the molecule is CC(C)NCc1ccc(-n2cn[nH]c2=O)cc1. The topological polar surface area (TPSA) is 62.7 Å². The minimum absolute atomic E-state index is 0.224. The molecule has 5 heteroatoms. The lowest BCUT2D eigenvalue weighted by Gasteiger charge is -2.08. The Hall–Kier alpha value is -1.88. The van der Waals surface area contributed by atoms with E-state index in [0.29, 0.717) is 6.04 Å². The van der Waals surface area contributed by atoms with Gasteiger partial charge >= 0.3 is 5.69 Å². The molecule has 0 aliphatic heterocycles. The van der Waals surface area contributed by atoms with Gasteiger partial charge in [0.15, 0.2) is 0 Å². The highest BCUT2D eigenvalue weighted by Crippen LogP contribution is 2.07. The van der Waals surface area contributed by atoms with Gasteiger partial charge in [0.1, 0.15) is 6.33 Å². The van der Waals surface area contributed by atoms with Crippen molar-refractivity contribution in [2.75, 3.05) is 0 Å². The molecule has 0 aliphatic rings. The number of nitrogens with one attached hydrogen (secondary N) is 2. The first-order valence-corrected chi connectivity index (χ1v) is 5.61. The van der Waals surface area contributed by atoms with E-state index in [0.717, 1.165) is 12.2 Å². The first kappa shape index (κ1) is 11.6. The molecule has 1 heterocycles. The number of nitrogens with zero attached hydrogens (tertiary/aromatic N) is 2. The van der Waals surface area contributed by atoms with Crippen LogP contribution in [0.15, 0.2) is 35.4 Å². The average Bonchev–Trinajstić information content (AvgIpc) is 2.73. The molecule has 0 spiro atoms. The summed E-state index contributed by atoms with van der Waals surface area (Å²) in [7, 11) is 0. The van der Waals surface area contributed by atoms with Gasteiger partial charge < -0.3 is 5.32 Å². The van der Waals surface area contributed by atoms with E-state index in [1.807, 2.05) is 24.3 Å². The van der Waals surface area contributed by atoms with Crippen molar-refractivity contribution in [1.82, 2.24) is 20.1 Å². The minimum atomic E-state index is -0.224. The Bertz CT molecular complexity index is 524. The lowest BCUT2D eigenvalue weighted by atomic mass is 10.2. The van der Waals surface area contributed by atoms with Crippen LogP contribution in [-0.4, -0.2) is 20.8 Å². The third-order valence-electron chi connectivity index (χ3n) is 2.48. The lowest BCUT2D eigenvalue weighted by molar-refractivity contribution is 0.589. The van der Waals surface area contributed by atoms with Crippen LogP contribution in [0.5, 0.6) is 0 Å². The summed E-state index contributed by atoms with van der Waals surface area (Å²) in [5, 5.41) is 9.40. The van der Waals surface area contributed by atoms with Gasteiger partial charge in [-0.05, 0) is 17.7 Å². The van der Waals surface area contributed by atoms with Crippen molar-refractivity contribution in [3.8, 4) is 5.69 Å². The number of rotatable bonds is 4. The summed E-state index contributed by atoms with van der Waals surface area (Å²) in [5.41, 5.74) is 1.79. The second-order valence-electron chi connectivity index (χ2n) is 4.23. The summed E-state index contributed by atoms with van der Waals surface area (Å²) in [6.45, 7) is 5.05. The zero-order valence-electron chi connectivity index (χ0n) is 9.97. The normalized spacial score (nSPS) is 11.0. The van der Waals surface area contributed by atoms with Gasteiger partial charge in [0, 0.05) is 12.6 Å². The van der Waals surface area contributed by atoms with Crippen LogP contribution >= 0.6 is 0 Å². The van der Waals surface area contributed by atoms with Crippen molar-refractivity contribution in [3.05, 3.63) is 46.6 Å². The Kier molecular flexibility index (Phi) is 3.39. The van der Waals surface area contributed by atoms with Gasteiger partial charge in [-0.2, -0.15) is 5.10 Å². The van der Waals surface area contributed by atoms with E-state index in [2.05, 4.69) is 29.4 Å². The number of hydrogen-bond acceptors (Lipinski definition) is 3. The fraction of sp³-hybridized carbons (Fsp3) is 0.333. The summed E-state index contributed by atoms with van der Waals surface area (Å²) in [6, 6.07) is 8.29. The van der Waals surface area contributed by atoms with Gasteiger partial charge in [-0.25, -0.2) is 14.5 Å². The van der Waals surface area contributed by atoms with Gasteiger partial charge in [0.2, 0.25) is 0 Å². The highest BCUT2D eigenvalue weighted by molar-refractivity contribution is 5.34. The molecule has 1 aromatic heterocycles. The minimum Gasteiger partial charge on any atom is -0.310 e. The molecular weight excluding hydrogens is 216 g/mol. The summed E-state index contributed by atoms with van der Waals surface area (Å²) >= 11 is 0. The number of aromatic amines is 1. The first-order valence-electron chi connectivity index (χ1n) is 5.61. The highest BCUT2D eigenvalue weighted by Gasteiger charge is 2.01. The Morgan fingerprint density at radius 1 is 1.35 bits per heavy atom. The predicted molar refractivity (Wildman–Crippen MR) is 66.2 cm³/mol. The van der Waals surface area contributed by atoms with E-state index in [4.69, 9.17) is 0 Å². The van der Waals surface area contributed by atoms with Gasteiger partial charge in [-0.1, -0.05) is 26.0 Å². The van der Waals surface area contributed by atoms with Crippen molar-refractivity contribution in [3.63, 3.8) is 0 Å². The molecule has 0 radical (unpaired) electrons. The van der Waals surface area contributed by atoms with Crippen molar-refractivity contribution >= 4 is 0 Å². The van der Waals surface area contributed by atoms with Crippen molar-refractivity contribution in [1.29, 1.82) is 0 Å². The molecule has 17 heavy (non-hydrogen) atoms. The largest absolute Gasteiger partial charge is 0.347 e. The molecule has 1 aromatic carbocycles. The van der Waals surface area contributed by atoms with Crippen molar-refractivity contribution in [2.24, 2.45) is 0 Å². The summed E-state index contributed by atoms with van der Waals surface area (Å²) in [6.07, 6.45) is 1.48. The quantitative estimate of drug-likeness (QED) is 0.828. The maximum Gasteiger partial charge on any atom is 0.347 e. The van der Waals surface area contributed by atoms with Crippen LogP contribution in [0.25, 0.3) is 5.69 Å². The van der Waals surface area contributed by atoms with Crippen LogP contribution in [0.4, 0.5) is 0 Å². The fourth-order valence-electron chi connectivity index (χ4n) is 1.53. The van der Waals surface area contributed by atoms with Gasteiger partial charge in [-0.15, -0.1) is 0 Å². The molecule has 0 atom stereocenters. The standard InChI is InChI=1S/C12H16N4O/c1-9(2)13-7-10-3-5-11(6-4-10)16-8-14-15-12(16)17/h3-6,8-9,13H,7H2,1-2H3,(H,15,17). The molecule has 0 amide bonds. The molecule has 2 rings (SSSR count). The van der Waals surface area contributed by atoms with E-state index in [-0.39, 0.29) is 5.69 Å². The van der Waals surface area contributed by atoms with Crippen molar-refractivity contribution in [2.45, 2.75) is 26.4 Å². The van der Waals surface area contributed by atoms with Crippen LogP contribution in [0, 0.1) is 0 Å². The van der Waals surface area contributed by atoms with E-state index < -0.39 is 0 Å². The van der Waals surface area contributed by atoms with Crippen LogP contribution in [0.2, 0.25) is 0 Å². The van der Waals surface area contributed by atoms with Crippen LogP contribution in [-0.2, 0) is 6.54 Å². The summed E-state index contributed by atoms with van der Waals surface area (Å²) < 4.78 is 1.47. The molecule has 2 N–H and O–H groups in total. The number of hydrogen-bond donors (Lipinski definition) is 2. The number of aromatic nitrogens is 3. The molecule has 0 bridgehead atoms. The molecule has 0 saturated carbocycles. The predicted octanol–water partition coefficient (Wildman–Crippen LogP) is 1.06. The van der Waals surface area contributed by atoms with Gasteiger partial charge in [-0.3, -0.25) is 0 Å². The molecule has 2 aromatic rings. The van der Waals surface area contributed by atoms with Crippen LogP contribution < -0.4 is 11.0 Å². The van der Waals surface area contributed by atoms with Gasteiger partial charge in [0.05, 0.1) is 5.69 Å². The second-order valence-corrected chi connectivity index (χ2v) is 4.23. The smallest absolute Gasteiger partial charge is 0.310 e. The summed E-state index contributed by atoms with van der Waals surface area (Å²) in [5.74, 6) is 0.